The second-order valence-corrected chi connectivity index (χ2v) is 4.29. The van der Waals surface area contributed by atoms with Gasteiger partial charge >= 0.3 is 6.18 Å². The Morgan fingerprint density at radius 3 is 2.67 bits per heavy atom. The van der Waals surface area contributed by atoms with E-state index in [1.807, 2.05) is 0 Å². The van der Waals surface area contributed by atoms with Crippen molar-refractivity contribution in [2.75, 3.05) is 11.0 Å². The van der Waals surface area contributed by atoms with E-state index < -0.39 is 17.8 Å². The molecule has 1 aliphatic rings. The normalized spacial score (nSPS) is 18.0. The Labute approximate surface area is 99.6 Å². The number of nitrogens with zero attached hydrogens (tertiary/aromatic N) is 1. The summed E-state index contributed by atoms with van der Waals surface area (Å²) in [7, 11) is 0. The smallest absolute Gasteiger partial charge is 0.308 e. The zero-order valence-corrected chi connectivity index (χ0v) is 10.1. The zero-order chi connectivity index (χ0) is 11.5. The first-order valence-electron chi connectivity index (χ1n) is 4.60. The molecule has 1 amide bonds. The van der Waals surface area contributed by atoms with Crippen LogP contribution in [-0.2, 0) is 4.79 Å². The van der Waals surface area contributed by atoms with E-state index in [1.165, 1.54) is 0 Å². The molecule has 2 nitrogen and oxygen atoms in total. The number of hydrogen-bond donors (Lipinski definition) is 0. The first-order chi connectivity index (χ1) is 6.96. The van der Waals surface area contributed by atoms with Crippen LogP contribution in [0.5, 0.6) is 0 Å². The maximum atomic E-state index is 12.5. The molecule has 0 aromatic heterocycles. The molecular weight excluding hydrogens is 322 g/mol. The van der Waals surface area contributed by atoms with Gasteiger partial charge in [0.05, 0.1) is 0 Å². The van der Waals surface area contributed by atoms with Gasteiger partial charge in [-0.05, 0) is 12.8 Å². The lowest BCUT2D eigenvalue weighted by atomic mass is 10.1. The lowest BCUT2D eigenvalue weighted by Crippen LogP contribution is -2.39. The van der Waals surface area contributed by atoms with E-state index in [1.54, 1.807) is 0 Å². The van der Waals surface area contributed by atoms with E-state index in [9.17, 15) is 18.0 Å². The number of amides is 1. The van der Waals surface area contributed by atoms with Gasteiger partial charge in [-0.3, -0.25) is 4.79 Å². The Bertz CT molecular complexity index is 275. The van der Waals surface area contributed by atoms with Crippen molar-refractivity contribution in [1.82, 2.24) is 4.90 Å². The van der Waals surface area contributed by atoms with E-state index in [4.69, 9.17) is 0 Å². The fourth-order valence-electron chi connectivity index (χ4n) is 1.44. The van der Waals surface area contributed by atoms with Crippen molar-refractivity contribution in [3.63, 3.8) is 0 Å². The average molecular weight is 333 g/mol. The summed E-state index contributed by atoms with van der Waals surface area (Å²) in [6, 6.07) is 0. The molecule has 1 heterocycles. The first kappa shape index (κ1) is 12.8. The Morgan fingerprint density at radius 2 is 2.13 bits per heavy atom. The number of rotatable bonds is 3. The quantitative estimate of drug-likeness (QED) is 0.575. The molecule has 0 radical (unpaired) electrons. The largest absolute Gasteiger partial charge is 0.431 e. The van der Waals surface area contributed by atoms with Gasteiger partial charge in [-0.2, -0.15) is 13.2 Å². The average Bonchev–Trinajstić information content (AvgIpc) is 2.14. The van der Waals surface area contributed by atoms with Crippen molar-refractivity contribution >= 4 is 28.5 Å². The van der Waals surface area contributed by atoms with E-state index >= 15 is 0 Å². The molecule has 0 aliphatic carbocycles. The summed E-state index contributed by atoms with van der Waals surface area (Å²) < 4.78 is 38.3. The molecule has 0 fully saturated rings. The summed E-state index contributed by atoms with van der Waals surface area (Å²) in [6.07, 6.45) is -2.36. The molecule has 86 valence electrons. The molecule has 0 saturated heterocycles. The predicted molar refractivity (Wildman–Crippen MR) is 58.6 cm³/mol. The van der Waals surface area contributed by atoms with Crippen molar-refractivity contribution in [2.24, 2.45) is 0 Å². The van der Waals surface area contributed by atoms with E-state index in [0.717, 1.165) is 15.4 Å². The van der Waals surface area contributed by atoms with Crippen LogP contribution in [0.3, 0.4) is 0 Å². The third-order valence-electron chi connectivity index (χ3n) is 2.09. The van der Waals surface area contributed by atoms with Gasteiger partial charge < -0.3 is 4.90 Å². The van der Waals surface area contributed by atoms with E-state index in [0.29, 0.717) is 6.42 Å². The molecular formula is C9H11F3INO. The van der Waals surface area contributed by atoms with Crippen molar-refractivity contribution in [3.8, 4) is 0 Å². The third kappa shape index (κ3) is 3.35. The van der Waals surface area contributed by atoms with Crippen LogP contribution in [0.2, 0.25) is 0 Å². The van der Waals surface area contributed by atoms with Crippen molar-refractivity contribution in [3.05, 3.63) is 11.8 Å². The van der Waals surface area contributed by atoms with Gasteiger partial charge in [0.2, 0.25) is 5.91 Å². The van der Waals surface area contributed by atoms with Gasteiger partial charge in [0.15, 0.2) is 0 Å². The van der Waals surface area contributed by atoms with Crippen LogP contribution in [0.1, 0.15) is 19.3 Å². The maximum Gasteiger partial charge on any atom is 0.431 e. The molecule has 15 heavy (non-hydrogen) atoms. The molecule has 0 atom stereocenters. The number of allylic oxidation sites excluding steroid dienone is 2. The summed E-state index contributed by atoms with van der Waals surface area (Å²) in [5, 5.41) is 0. The van der Waals surface area contributed by atoms with Crippen LogP contribution in [0.4, 0.5) is 13.2 Å². The Morgan fingerprint density at radius 1 is 1.47 bits per heavy atom. The van der Waals surface area contributed by atoms with Crippen LogP contribution in [0.25, 0.3) is 0 Å². The Hall–Kier alpha value is -0.270. The summed E-state index contributed by atoms with van der Waals surface area (Å²) in [4.78, 5) is 12.2. The molecule has 0 aromatic rings. The van der Waals surface area contributed by atoms with Gasteiger partial charge in [-0.1, -0.05) is 28.7 Å². The number of carbonyl (C=O) groups is 1. The van der Waals surface area contributed by atoms with Gasteiger partial charge in [-0.15, -0.1) is 0 Å². The summed E-state index contributed by atoms with van der Waals surface area (Å²) in [5.74, 6) is -0.422. The van der Waals surface area contributed by atoms with Crippen LogP contribution in [-0.4, -0.2) is 28.0 Å². The van der Waals surface area contributed by atoms with Gasteiger partial charge in [0, 0.05) is 17.4 Å². The summed E-state index contributed by atoms with van der Waals surface area (Å²) in [6.45, 7) is 0.160. The lowest BCUT2D eigenvalue weighted by Gasteiger charge is -2.29. The highest BCUT2D eigenvalue weighted by Crippen LogP contribution is 2.32. The van der Waals surface area contributed by atoms with Crippen molar-refractivity contribution < 1.29 is 18.0 Å². The van der Waals surface area contributed by atoms with Crippen LogP contribution < -0.4 is 0 Å². The topological polar surface area (TPSA) is 20.3 Å². The summed E-state index contributed by atoms with van der Waals surface area (Å²) in [5.41, 5.74) is -0.788. The Kier molecular flexibility index (Phi) is 4.42. The second kappa shape index (κ2) is 5.18. The van der Waals surface area contributed by atoms with E-state index in [-0.39, 0.29) is 19.4 Å². The minimum atomic E-state index is -4.42. The molecule has 1 aliphatic heterocycles. The highest BCUT2D eigenvalue weighted by Gasteiger charge is 2.40. The fraction of sp³-hybridized carbons (Fsp3) is 0.667. The Balaban J connectivity index is 2.81. The minimum absolute atomic E-state index is 0.160. The van der Waals surface area contributed by atoms with Gasteiger partial charge in [-0.25, -0.2) is 0 Å². The number of alkyl halides is 4. The van der Waals surface area contributed by atoms with Gasteiger partial charge in [0.25, 0.3) is 0 Å². The molecule has 0 spiro atoms. The molecule has 0 aromatic carbocycles. The monoisotopic (exact) mass is 333 g/mol. The first-order valence-corrected chi connectivity index (χ1v) is 6.13. The van der Waals surface area contributed by atoms with Crippen LogP contribution >= 0.6 is 22.6 Å². The molecule has 0 N–H and O–H groups in total. The fourth-order valence-corrected chi connectivity index (χ4v) is 1.78. The minimum Gasteiger partial charge on any atom is -0.308 e. The summed E-state index contributed by atoms with van der Waals surface area (Å²) >= 11 is 2.08. The highest BCUT2D eigenvalue weighted by atomic mass is 127. The SMILES string of the molecule is O=C1CCC=C(C(F)(F)F)N1CCCI. The van der Waals surface area contributed by atoms with Crippen molar-refractivity contribution in [2.45, 2.75) is 25.4 Å². The molecule has 0 bridgehead atoms. The predicted octanol–water partition coefficient (Wildman–Crippen LogP) is 2.88. The van der Waals surface area contributed by atoms with Crippen molar-refractivity contribution in [1.29, 1.82) is 0 Å². The molecule has 0 saturated carbocycles. The lowest BCUT2D eigenvalue weighted by molar-refractivity contribution is -0.143. The van der Waals surface area contributed by atoms with Gasteiger partial charge in [0.1, 0.15) is 5.70 Å². The standard InChI is InChI=1S/C9H11F3INO/c10-9(11,12)7-3-1-4-8(15)14(7)6-2-5-13/h3H,1-2,4-6H2. The number of hydrogen-bond acceptors (Lipinski definition) is 1. The highest BCUT2D eigenvalue weighted by molar-refractivity contribution is 14.1. The number of carbonyl (C=O) groups excluding carboxylic acids is 1. The number of halogens is 4. The van der Waals surface area contributed by atoms with Crippen LogP contribution in [0, 0.1) is 0 Å². The van der Waals surface area contributed by atoms with Crippen LogP contribution in [0.15, 0.2) is 11.8 Å². The molecule has 0 unspecified atom stereocenters. The molecule has 6 heteroatoms. The van der Waals surface area contributed by atoms with E-state index in [2.05, 4.69) is 22.6 Å². The maximum absolute atomic E-state index is 12.5. The second-order valence-electron chi connectivity index (χ2n) is 3.21. The molecule has 1 rings (SSSR count). The third-order valence-corrected chi connectivity index (χ3v) is 2.86. The zero-order valence-electron chi connectivity index (χ0n) is 7.98.